The van der Waals surface area contributed by atoms with Crippen LogP contribution in [0.5, 0.6) is 0 Å². The van der Waals surface area contributed by atoms with Gasteiger partial charge in [-0.1, -0.05) is 11.2 Å². The Bertz CT molecular complexity index is 894. The summed E-state index contributed by atoms with van der Waals surface area (Å²) >= 11 is 3.49. The van der Waals surface area contributed by atoms with Crippen molar-refractivity contribution in [3.05, 3.63) is 58.1 Å². The van der Waals surface area contributed by atoms with Crippen LogP contribution in [-0.4, -0.2) is 21.0 Å². The molecule has 2 aromatic heterocycles. The number of carbonyl (C=O) groups excluding carboxylic acids is 1. The third-order valence-electron chi connectivity index (χ3n) is 3.16. The number of benzene rings is 1. The minimum Gasteiger partial charge on any atom is -0.360 e. The second-order valence-corrected chi connectivity index (χ2v) is 6.03. The Kier molecular flexibility index (Phi) is 4.57. The lowest BCUT2D eigenvalue weighted by Gasteiger charge is -2.09. The number of rotatable bonds is 4. The lowest BCUT2D eigenvalue weighted by Crippen LogP contribution is -2.14. The zero-order valence-corrected chi connectivity index (χ0v) is 14.6. The van der Waals surface area contributed by atoms with E-state index in [-0.39, 0.29) is 5.69 Å². The Labute approximate surface area is 146 Å². The number of aryl methyl sites for hydroxylation is 2. The minimum absolute atomic E-state index is 0.219. The molecule has 0 aliphatic carbocycles. The van der Waals surface area contributed by atoms with E-state index in [1.54, 1.807) is 19.1 Å². The number of aromatic nitrogens is 3. The molecule has 0 atom stereocenters. The van der Waals surface area contributed by atoms with Crippen LogP contribution in [0.15, 0.2) is 45.7 Å². The van der Waals surface area contributed by atoms with Crippen LogP contribution in [0.4, 0.5) is 17.3 Å². The van der Waals surface area contributed by atoms with Gasteiger partial charge in [0.15, 0.2) is 5.82 Å². The van der Waals surface area contributed by atoms with E-state index in [2.05, 4.69) is 41.7 Å². The van der Waals surface area contributed by atoms with Crippen LogP contribution >= 0.6 is 15.9 Å². The van der Waals surface area contributed by atoms with E-state index in [4.69, 9.17) is 4.52 Å². The molecule has 1 amide bonds. The van der Waals surface area contributed by atoms with Crippen LogP contribution in [0.25, 0.3) is 0 Å². The molecule has 3 aromatic rings. The van der Waals surface area contributed by atoms with Crippen LogP contribution in [-0.2, 0) is 0 Å². The summed E-state index contributed by atoms with van der Waals surface area (Å²) in [7, 11) is 0. The van der Waals surface area contributed by atoms with E-state index in [0.29, 0.717) is 17.4 Å². The SMILES string of the molecule is Cc1ccc(Nc2cc(C(=O)Nc3cc(C)on3)ncn2)c(Br)c1. The molecular formula is C16H14BrN5O2. The van der Waals surface area contributed by atoms with Crippen molar-refractivity contribution in [1.82, 2.24) is 15.1 Å². The normalized spacial score (nSPS) is 10.5. The number of nitrogens with zero attached hydrogens (tertiary/aromatic N) is 3. The molecule has 0 saturated carbocycles. The second-order valence-electron chi connectivity index (χ2n) is 5.17. The topological polar surface area (TPSA) is 92.9 Å². The Hall–Kier alpha value is -2.74. The third-order valence-corrected chi connectivity index (χ3v) is 3.81. The molecule has 1 aromatic carbocycles. The highest BCUT2D eigenvalue weighted by molar-refractivity contribution is 9.10. The zero-order chi connectivity index (χ0) is 17.1. The van der Waals surface area contributed by atoms with Gasteiger partial charge in [0.1, 0.15) is 23.6 Å². The summed E-state index contributed by atoms with van der Waals surface area (Å²) in [6.45, 7) is 3.75. The molecule has 0 aliphatic rings. The van der Waals surface area contributed by atoms with Crippen molar-refractivity contribution in [2.45, 2.75) is 13.8 Å². The van der Waals surface area contributed by atoms with E-state index in [1.807, 2.05) is 25.1 Å². The van der Waals surface area contributed by atoms with Crippen molar-refractivity contribution in [2.24, 2.45) is 0 Å². The summed E-state index contributed by atoms with van der Waals surface area (Å²) in [6.07, 6.45) is 1.33. The number of halogens is 1. The van der Waals surface area contributed by atoms with Gasteiger partial charge in [-0.25, -0.2) is 9.97 Å². The summed E-state index contributed by atoms with van der Waals surface area (Å²) in [5.41, 5.74) is 2.20. The van der Waals surface area contributed by atoms with Crippen LogP contribution in [0.2, 0.25) is 0 Å². The maximum atomic E-state index is 12.2. The van der Waals surface area contributed by atoms with Gasteiger partial charge < -0.3 is 15.2 Å². The Balaban J connectivity index is 1.77. The zero-order valence-electron chi connectivity index (χ0n) is 13.0. The van der Waals surface area contributed by atoms with E-state index in [0.717, 1.165) is 15.7 Å². The molecule has 0 spiro atoms. The van der Waals surface area contributed by atoms with Crippen molar-refractivity contribution in [3.8, 4) is 0 Å². The third kappa shape index (κ3) is 3.77. The van der Waals surface area contributed by atoms with Gasteiger partial charge in [-0.05, 0) is 47.5 Å². The molecule has 8 heteroatoms. The van der Waals surface area contributed by atoms with Crippen molar-refractivity contribution >= 4 is 39.2 Å². The number of carbonyl (C=O) groups is 1. The van der Waals surface area contributed by atoms with Gasteiger partial charge in [0.05, 0.1) is 5.69 Å². The van der Waals surface area contributed by atoms with Gasteiger partial charge in [0, 0.05) is 16.6 Å². The number of nitrogens with one attached hydrogen (secondary N) is 2. The van der Waals surface area contributed by atoms with E-state index in [1.165, 1.54) is 6.33 Å². The number of amides is 1. The minimum atomic E-state index is -0.392. The summed E-state index contributed by atoms with van der Waals surface area (Å²) < 4.78 is 5.82. The molecule has 2 heterocycles. The molecular weight excluding hydrogens is 374 g/mol. The summed E-state index contributed by atoms with van der Waals surface area (Å²) in [5.74, 6) is 1.07. The largest absolute Gasteiger partial charge is 0.360 e. The molecule has 0 saturated heterocycles. The number of hydrogen-bond donors (Lipinski definition) is 2. The average molecular weight is 388 g/mol. The number of anilines is 3. The standard InChI is InChI=1S/C16H14BrN5O2/c1-9-3-4-12(11(17)5-9)20-14-7-13(18-8-19-14)16(23)21-15-6-10(2)24-22-15/h3-8H,1-2H3,(H,18,19,20)(H,21,22,23). The Morgan fingerprint density at radius 1 is 1.12 bits per heavy atom. The first-order valence-corrected chi connectivity index (χ1v) is 7.90. The van der Waals surface area contributed by atoms with Crippen LogP contribution in [0, 0.1) is 13.8 Å². The quantitative estimate of drug-likeness (QED) is 0.706. The first kappa shape index (κ1) is 16.1. The molecule has 24 heavy (non-hydrogen) atoms. The highest BCUT2D eigenvalue weighted by Crippen LogP contribution is 2.26. The smallest absolute Gasteiger partial charge is 0.275 e. The van der Waals surface area contributed by atoms with Crippen LogP contribution in [0.1, 0.15) is 21.8 Å². The van der Waals surface area contributed by atoms with Crippen molar-refractivity contribution in [3.63, 3.8) is 0 Å². The van der Waals surface area contributed by atoms with Gasteiger partial charge in [-0.15, -0.1) is 0 Å². The van der Waals surface area contributed by atoms with E-state index >= 15 is 0 Å². The van der Waals surface area contributed by atoms with Gasteiger partial charge in [-0.3, -0.25) is 4.79 Å². The van der Waals surface area contributed by atoms with Gasteiger partial charge in [0.25, 0.3) is 5.91 Å². The summed E-state index contributed by atoms with van der Waals surface area (Å²) in [5, 5.41) is 9.49. The molecule has 0 unspecified atom stereocenters. The fourth-order valence-corrected chi connectivity index (χ4v) is 2.61. The molecule has 0 bridgehead atoms. The molecule has 0 aliphatic heterocycles. The van der Waals surface area contributed by atoms with Gasteiger partial charge in [-0.2, -0.15) is 0 Å². The number of hydrogen-bond acceptors (Lipinski definition) is 6. The Morgan fingerprint density at radius 2 is 1.96 bits per heavy atom. The van der Waals surface area contributed by atoms with Gasteiger partial charge >= 0.3 is 0 Å². The van der Waals surface area contributed by atoms with Gasteiger partial charge in [0.2, 0.25) is 0 Å². The van der Waals surface area contributed by atoms with Crippen LogP contribution < -0.4 is 10.6 Å². The monoisotopic (exact) mass is 387 g/mol. The molecule has 0 radical (unpaired) electrons. The lowest BCUT2D eigenvalue weighted by atomic mass is 10.2. The highest BCUT2D eigenvalue weighted by atomic mass is 79.9. The predicted molar refractivity (Wildman–Crippen MR) is 93.4 cm³/mol. The lowest BCUT2D eigenvalue weighted by molar-refractivity contribution is 0.102. The highest BCUT2D eigenvalue weighted by Gasteiger charge is 2.12. The van der Waals surface area contributed by atoms with E-state index in [9.17, 15) is 4.79 Å². The fraction of sp³-hybridized carbons (Fsp3) is 0.125. The molecule has 3 rings (SSSR count). The van der Waals surface area contributed by atoms with Crippen molar-refractivity contribution < 1.29 is 9.32 Å². The summed E-state index contributed by atoms with van der Waals surface area (Å²) in [4.78, 5) is 20.3. The molecule has 0 fully saturated rings. The maximum Gasteiger partial charge on any atom is 0.275 e. The van der Waals surface area contributed by atoms with Crippen molar-refractivity contribution in [2.75, 3.05) is 10.6 Å². The fourth-order valence-electron chi connectivity index (χ4n) is 2.01. The first-order chi connectivity index (χ1) is 11.5. The Morgan fingerprint density at radius 3 is 2.67 bits per heavy atom. The average Bonchev–Trinajstić information content (AvgIpc) is 2.95. The maximum absolute atomic E-state index is 12.2. The van der Waals surface area contributed by atoms with E-state index < -0.39 is 5.91 Å². The molecule has 122 valence electrons. The molecule has 2 N–H and O–H groups in total. The first-order valence-electron chi connectivity index (χ1n) is 7.11. The molecule has 7 nitrogen and oxygen atoms in total. The predicted octanol–water partition coefficient (Wildman–Crippen LogP) is 3.84. The second kappa shape index (κ2) is 6.79. The van der Waals surface area contributed by atoms with Crippen LogP contribution in [0.3, 0.4) is 0 Å². The summed E-state index contributed by atoms with van der Waals surface area (Å²) in [6, 6.07) is 9.09. The van der Waals surface area contributed by atoms with Crippen molar-refractivity contribution in [1.29, 1.82) is 0 Å².